The van der Waals surface area contributed by atoms with E-state index in [1.807, 2.05) is 77.5 Å². The molecule has 1 fully saturated rings. The van der Waals surface area contributed by atoms with Gasteiger partial charge in [0.1, 0.15) is 0 Å². The van der Waals surface area contributed by atoms with Crippen LogP contribution in [0, 0.1) is 0 Å². The van der Waals surface area contributed by atoms with Gasteiger partial charge in [-0.15, -0.1) is 0 Å². The van der Waals surface area contributed by atoms with Crippen molar-refractivity contribution < 1.29 is 9.59 Å². The number of hydrogen-bond acceptors (Lipinski definition) is 4. The van der Waals surface area contributed by atoms with Gasteiger partial charge in [0.25, 0.3) is 0 Å². The summed E-state index contributed by atoms with van der Waals surface area (Å²) in [7, 11) is 3.94. The zero-order chi connectivity index (χ0) is 20.6. The van der Waals surface area contributed by atoms with E-state index in [2.05, 4.69) is 4.98 Å². The molecule has 1 unspecified atom stereocenters. The Hall–Kier alpha value is -2.73. The summed E-state index contributed by atoms with van der Waals surface area (Å²) in [5.41, 5.74) is 2.07. The molecule has 0 saturated carbocycles. The van der Waals surface area contributed by atoms with E-state index in [0.717, 1.165) is 17.7 Å². The van der Waals surface area contributed by atoms with E-state index in [9.17, 15) is 9.59 Å². The molecule has 154 valence electrons. The highest BCUT2D eigenvalue weighted by atomic mass is 16.2. The maximum atomic E-state index is 13.4. The first-order valence-corrected chi connectivity index (χ1v) is 10.2. The number of nitrogens with zero attached hydrogens (tertiary/aromatic N) is 4. The third-order valence-corrected chi connectivity index (χ3v) is 5.38. The maximum absolute atomic E-state index is 13.4. The minimum absolute atomic E-state index is 0.125. The lowest BCUT2D eigenvalue weighted by molar-refractivity contribution is -0.140. The number of benzene rings is 1. The summed E-state index contributed by atoms with van der Waals surface area (Å²) in [6, 6.07) is 13.9. The van der Waals surface area contributed by atoms with E-state index >= 15 is 0 Å². The van der Waals surface area contributed by atoms with Crippen LogP contribution in [0.2, 0.25) is 0 Å². The fourth-order valence-electron chi connectivity index (χ4n) is 3.66. The molecule has 0 radical (unpaired) electrons. The first kappa shape index (κ1) is 21.0. The maximum Gasteiger partial charge on any atom is 0.230 e. The Balaban J connectivity index is 1.65. The normalized spacial score (nSPS) is 15.4. The van der Waals surface area contributed by atoms with E-state index in [1.165, 1.54) is 0 Å². The lowest BCUT2D eigenvalue weighted by atomic mass is 9.91. The predicted octanol–water partition coefficient (Wildman–Crippen LogP) is 2.03. The van der Waals surface area contributed by atoms with Crippen molar-refractivity contribution in [3.05, 3.63) is 66.0 Å². The number of aromatic nitrogens is 1. The van der Waals surface area contributed by atoms with Crippen LogP contribution in [0.1, 0.15) is 23.5 Å². The lowest BCUT2D eigenvalue weighted by Gasteiger charge is -2.36. The van der Waals surface area contributed by atoms with Gasteiger partial charge in [0.05, 0.1) is 5.92 Å². The van der Waals surface area contributed by atoms with E-state index in [1.54, 1.807) is 6.20 Å². The van der Waals surface area contributed by atoms with Crippen molar-refractivity contribution in [2.75, 3.05) is 46.8 Å². The smallest absolute Gasteiger partial charge is 0.230 e. The van der Waals surface area contributed by atoms with Crippen molar-refractivity contribution in [3.63, 3.8) is 0 Å². The molecule has 2 aromatic rings. The average Bonchev–Trinajstić information content (AvgIpc) is 2.77. The molecule has 1 saturated heterocycles. The van der Waals surface area contributed by atoms with Gasteiger partial charge in [-0.05, 0) is 37.7 Å². The van der Waals surface area contributed by atoms with Crippen LogP contribution in [0.15, 0.2) is 54.9 Å². The van der Waals surface area contributed by atoms with Crippen molar-refractivity contribution >= 4 is 11.8 Å². The van der Waals surface area contributed by atoms with E-state index in [4.69, 9.17) is 0 Å². The van der Waals surface area contributed by atoms with E-state index in [-0.39, 0.29) is 17.7 Å². The van der Waals surface area contributed by atoms with Crippen LogP contribution in [0.3, 0.4) is 0 Å². The fourth-order valence-corrected chi connectivity index (χ4v) is 3.66. The molecule has 2 amide bonds. The second kappa shape index (κ2) is 10.2. The molecule has 2 heterocycles. The van der Waals surface area contributed by atoms with Gasteiger partial charge < -0.3 is 14.7 Å². The van der Waals surface area contributed by atoms with Crippen molar-refractivity contribution in [2.24, 2.45) is 0 Å². The van der Waals surface area contributed by atoms with Gasteiger partial charge in [0.2, 0.25) is 11.8 Å². The number of carbonyl (C=O) groups is 2. The van der Waals surface area contributed by atoms with Gasteiger partial charge >= 0.3 is 0 Å². The predicted molar refractivity (Wildman–Crippen MR) is 113 cm³/mol. The molecule has 1 aromatic carbocycles. The zero-order valence-electron chi connectivity index (χ0n) is 17.3. The Morgan fingerprint density at radius 1 is 1.00 bits per heavy atom. The fraction of sp³-hybridized carbons (Fsp3) is 0.435. The number of carbonyl (C=O) groups excluding carboxylic acids is 2. The zero-order valence-corrected chi connectivity index (χ0v) is 17.3. The van der Waals surface area contributed by atoms with Gasteiger partial charge in [0, 0.05) is 51.5 Å². The monoisotopic (exact) mass is 394 g/mol. The summed E-state index contributed by atoms with van der Waals surface area (Å²) < 4.78 is 0. The quantitative estimate of drug-likeness (QED) is 0.721. The molecular formula is C23H30N4O2. The molecular weight excluding hydrogens is 364 g/mol. The molecule has 1 aliphatic rings. The van der Waals surface area contributed by atoms with Crippen LogP contribution in [0.4, 0.5) is 0 Å². The summed E-state index contributed by atoms with van der Waals surface area (Å²) >= 11 is 0. The average molecular weight is 395 g/mol. The molecule has 29 heavy (non-hydrogen) atoms. The molecule has 1 aliphatic heterocycles. The SMILES string of the molecule is CN(C)CCC(=O)N1CCN(C(=O)C(Cc2cccnc2)c2ccccc2)CC1. The van der Waals surface area contributed by atoms with Crippen LogP contribution >= 0.6 is 0 Å². The molecule has 0 spiro atoms. The Bertz CT molecular complexity index is 787. The minimum atomic E-state index is -0.239. The first-order valence-electron chi connectivity index (χ1n) is 10.2. The third kappa shape index (κ3) is 5.87. The van der Waals surface area contributed by atoms with Gasteiger partial charge in [-0.1, -0.05) is 36.4 Å². The molecule has 1 aromatic heterocycles. The Kier molecular flexibility index (Phi) is 7.36. The van der Waals surface area contributed by atoms with Gasteiger partial charge in [-0.2, -0.15) is 0 Å². The number of rotatable bonds is 7. The summed E-state index contributed by atoms with van der Waals surface area (Å²) in [6.45, 7) is 3.13. The van der Waals surface area contributed by atoms with Crippen LogP contribution in [-0.4, -0.2) is 78.3 Å². The van der Waals surface area contributed by atoms with Crippen molar-refractivity contribution in [1.29, 1.82) is 0 Å². The van der Waals surface area contributed by atoms with Crippen LogP contribution in [-0.2, 0) is 16.0 Å². The number of hydrogen-bond donors (Lipinski definition) is 0. The summed E-state index contributed by atoms with van der Waals surface area (Å²) in [4.78, 5) is 35.7. The molecule has 6 heteroatoms. The van der Waals surface area contributed by atoms with Crippen molar-refractivity contribution in [3.8, 4) is 0 Å². The second-order valence-electron chi connectivity index (χ2n) is 7.79. The van der Waals surface area contributed by atoms with Gasteiger partial charge in [0.15, 0.2) is 0 Å². The molecule has 0 aliphatic carbocycles. The highest BCUT2D eigenvalue weighted by Gasteiger charge is 2.30. The third-order valence-electron chi connectivity index (χ3n) is 5.38. The van der Waals surface area contributed by atoms with E-state index in [0.29, 0.717) is 39.0 Å². The molecule has 6 nitrogen and oxygen atoms in total. The molecule has 0 bridgehead atoms. The standard InChI is InChI=1S/C23H30N4O2/c1-25(2)12-10-22(28)26-13-15-27(16-14-26)23(29)21(20-8-4-3-5-9-20)17-19-7-6-11-24-18-19/h3-9,11,18,21H,10,12-17H2,1-2H3. The summed E-state index contributed by atoms with van der Waals surface area (Å²) in [5, 5.41) is 0. The van der Waals surface area contributed by atoms with Crippen LogP contribution < -0.4 is 0 Å². The van der Waals surface area contributed by atoms with Crippen molar-refractivity contribution in [1.82, 2.24) is 19.7 Å². The van der Waals surface area contributed by atoms with E-state index < -0.39 is 0 Å². The van der Waals surface area contributed by atoms with Crippen LogP contribution in [0.25, 0.3) is 0 Å². The highest BCUT2D eigenvalue weighted by molar-refractivity contribution is 5.84. The minimum Gasteiger partial charge on any atom is -0.339 e. The lowest BCUT2D eigenvalue weighted by Crippen LogP contribution is -2.52. The summed E-state index contributed by atoms with van der Waals surface area (Å²) in [6.07, 6.45) is 4.72. The number of pyridine rings is 1. The topological polar surface area (TPSA) is 56.8 Å². The van der Waals surface area contributed by atoms with Crippen molar-refractivity contribution in [2.45, 2.75) is 18.8 Å². The number of piperazine rings is 1. The molecule has 3 rings (SSSR count). The van der Waals surface area contributed by atoms with Gasteiger partial charge in [-0.3, -0.25) is 14.6 Å². The summed E-state index contributed by atoms with van der Waals surface area (Å²) in [5.74, 6) is 0.0533. The highest BCUT2D eigenvalue weighted by Crippen LogP contribution is 2.24. The first-order chi connectivity index (χ1) is 14.0. The largest absolute Gasteiger partial charge is 0.339 e. The molecule has 1 atom stereocenters. The Morgan fingerprint density at radius 2 is 1.69 bits per heavy atom. The number of amides is 2. The second-order valence-corrected chi connectivity index (χ2v) is 7.79. The molecule has 0 N–H and O–H groups in total. The van der Waals surface area contributed by atoms with Gasteiger partial charge in [-0.25, -0.2) is 0 Å². The Morgan fingerprint density at radius 3 is 2.31 bits per heavy atom. The Labute approximate surface area is 173 Å². The van der Waals surface area contributed by atoms with Crippen LogP contribution in [0.5, 0.6) is 0 Å².